The summed E-state index contributed by atoms with van der Waals surface area (Å²) in [5.74, 6) is -0.829. The van der Waals surface area contributed by atoms with Crippen LogP contribution in [0.4, 0.5) is 0 Å². The van der Waals surface area contributed by atoms with Crippen LogP contribution in [0.5, 0.6) is 5.75 Å². The monoisotopic (exact) mass is 238 g/mol. The molecule has 0 aliphatic rings. The lowest BCUT2D eigenvalue weighted by Crippen LogP contribution is -2.13. The van der Waals surface area contributed by atoms with E-state index < -0.39 is 18.2 Å². The molecule has 0 bridgehead atoms. The molecule has 0 aromatic heterocycles. The van der Waals surface area contributed by atoms with E-state index >= 15 is 0 Å². The van der Waals surface area contributed by atoms with Gasteiger partial charge in [0.1, 0.15) is 18.8 Å². The third kappa shape index (κ3) is 5.12. The standard InChI is InChI=1S/C12H14O5/c1-16-11-4-2-9(3-5-11)7-17-8-10(13)6-12(14)15/h2-5H,6-8H2,1H3,(H,14,15). The average molecular weight is 238 g/mol. The van der Waals surface area contributed by atoms with Gasteiger partial charge in [-0.15, -0.1) is 0 Å². The van der Waals surface area contributed by atoms with E-state index in [0.29, 0.717) is 0 Å². The highest BCUT2D eigenvalue weighted by atomic mass is 16.5. The molecule has 0 fully saturated rings. The molecular weight excluding hydrogens is 224 g/mol. The van der Waals surface area contributed by atoms with Gasteiger partial charge in [-0.1, -0.05) is 12.1 Å². The Kier molecular flexibility index (Phi) is 5.16. The third-order valence-electron chi connectivity index (χ3n) is 2.04. The predicted molar refractivity (Wildman–Crippen MR) is 59.9 cm³/mol. The summed E-state index contributed by atoms with van der Waals surface area (Å²) in [6, 6.07) is 7.22. The van der Waals surface area contributed by atoms with Crippen LogP contribution in [0, 0.1) is 0 Å². The van der Waals surface area contributed by atoms with Crippen molar-refractivity contribution in [1.29, 1.82) is 0 Å². The SMILES string of the molecule is COc1ccc(COCC(=O)CC(=O)O)cc1. The number of hydrogen-bond donors (Lipinski definition) is 1. The van der Waals surface area contributed by atoms with Crippen molar-refractivity contribution in [2.75, 3.05) is 13.7 Å². The predicted octanol–water partition coefficient (Wildman–Crippen LogP) is 1.26. The molecule has 0 amide bonds. The number of carboxylic acid groups (broad SMARTS) is 1. The van der Waals surface area contributed by atoms with E-state index in [2.05, 4.69) is 0 Å². The number of carbonyl (C=O) groups excluding carboxylic acids is 1. The van der Waals surface area contributed by atoms with E-state index in [1.165, 1.54) is 0 Å². The van der Waals surface area contributed by atoms with Gasteiger partial charge in [0.25, 0.3) is 0 Å². The van der Waals surface area contributed by atoms with Crippen molar-refractivity contribution in [3.8, 4) is 5.75 Å². The van der Waals surface area contributed by atoms with Gasteiger partial charge in [0.15, 0.2) is 5.78 Å². The number of aliphatic carboxylic acids is 1. The van der Waals surface area contributed by atoms with Crippen molar-refractivity contribution in [3.63, 3.8) is 0 Å². The fourth-order valence-electron chi connectivity index (χ4n) is 1.22. The van der Waals surface area contributed by atoms with Crippen LogP contribution in [0.3, 0.4) is 0 Å². The Morgan fingerprint density at radius 1 is 1.24 bits per heavy atom. The number of ether oxygens (including phenoxy) is 2. The van der Waals surface area contributed by atoms with Gasteiger partial charge in [0.2, 0.25) is 0 Å². The van der Waals surface area contributed by atoms with Crippen molar-refractivity contribution in [3.05, 3.63) is 29.8 Å². The lowest BCUT2D eigenvalue weighted by atomic mass is 10.2. The minimum atomic E-state index is -1.14. The Bertz CT molecular complexity index is 382. The fourth-order valence-corrected chi connectivity index (χ4v) is 1.22. The number of benzene rings is 1. The van der Waals surface area contributed by atoms with Crippen LogP contribution >= 0.6 is 0 Å². The van der Waals surface area contributed by atoms with Crippen molar-refractivity contribution in [1.82, 2.24) is 0 Å². The molecule has 0 aliphatic heterocycles. The number of hydrogen-bond acceptors (Lipinski definition) is 4. The minimum Gasteiger partial charge on any atom is -0.497 e. The van der Waals surface area contributed by atoms with Gasteiger partial charge in [0.05, 0.1) is 13.7 Å². The minimum absolute atomic E-state index is 0.182. The summed E-state index contributed by atoms with van der Waals surface area (Å²) >= 11 is 0. The largest absolute Gasteiger partial charge is 0.497 e. The van der Waals surface area contributed by atoms with Gasteiger partial charge in [-0.3, -0.25) is 9.59 Å². The Morgan fingerprint density at radius 3 is 2.41 bits per heavy atom. The first kappa shape index (κ1) is 13.2. The molecule has 0 atom stereocenters. The van der Waals surface area contributed by atoms with Crippen molar-refractivity contribution >= 4 is 11.8 Å². The highest BCUT2D eigenvalue weighted by Crippen LogP contribution is 2.11. The number of carbonyl (C=O) groups is 2. The zero-order chi connectivity index (χ0) is 12.7. The third-order valence-corrected chi connectivity index (χ3v) is 2.04. The molecule has 1 N–H and O–H groups in total. The lowest BCUT2D eigenvalue weighted by Gasteiger charge is -2.04. The fraction of sp³-hybridized carbons (Fsp3) is 0.333. The maximum absolute atomic E-state index is 11.0. The lowest BCUT2D eigenvalue weighted by molar-refractivity contribution is -0.141. The molecule has 0 saturated carbocycles. The summed E-state index contributed by atoms with van der Waals surface area (Å²) in [6.45, 7) is 0.0910. The van der Waals surface area contributed by atoms with Crippen LogP contribution < -0.4 is 4.74 Å². The maximum atomic E-state index is 11.0. The Labute approximate surface area is 99.0 Å². The summed E-state index contributed by atoms with van der Waals surface area (Å²) in [4.78, 5) is 21.2. The van der Waals surface area contributed by atoms with Crippen molar-refractivity contribution < 1.29 is 24.2 Å². The first-order valence-electron chi connectivity index (χ1n) is 5.06. The molecule has 0 spiro atoms. The second-order valence-corrected chi connectivity index (χ2v) is 3.45. The molecule has 17 heavy (non-hydrogen) atoms. The molecule has 5 heteroatoms. The first-order valence-corrected chi connectivity index (χ1v) is 5.06. The number of rotatable bonds is 7. The maximum Gasteiger partial charge on any atom is 0.310 e. The average Bonchev–Trinajstić information content (AvgIpc) is 2.29. The van der Waals surface area contributed by atoms with Gasteiger partial charge in [-0.25, -0.2) is 0 Å². The summed E-state index contributed by atoms with van der Waals surface area (Å²) in [7, 11) is 1.58. The summed E-state index contributed by atoms with van der Waals surface area (Å²) < 4.78 is 10.1. The van der Waals surface area contributed by atoms with Crippen LogP contribution in [-0.4, -0.2) is 30.6 Å². The molecule has 0 aliphatic carbocycles. The van der Waals surface area contributed by atoms with E-state index in [0.717, 1.165) is 11.3 Å². The molecule has 1 rings (SSSR count). The van der Waals surface area contributed by atoms with Gasteiger partial charge >= 0.3 is 5.97 Å². The Balaban J connectivity index is 2.30. The number of methoxy groups -OCH3 is 1. The zero-order valence-electron chi connectivity index (χ0n) is 9.51. The van der Waals surface area contributed by atoms with Crippen molar-refractivity contribution in [2.24, 2.45) is 0 Å². The number of ketones is 1. The van der Waals surface area contributed by atoms with Gasteiger partial charge in [-0.2, -0.15) is 0 Å². The van der Waals surface area contributed by atoms with Gasteiger partial charge in [-0.05, 0) is 17.7 Å². The molecule has 1 aromatic carbocycles. The Morgan fingerprint density at radius 2 is 1.88 bits per heavy atom. The zero-order valence-corrected chi connectivity index (χ0v) is 9.51. The van der Waals surface area contributed by atoms with Crippen LogP contribution in [0.1, 0.15) is 12.0 Å². The molecular formula is C12H14O5. The second kappa shape index (κ2) is 6.65. The molecule has 0 heterocycles. The van der Waals surface area contributed by atoms with Crippen LogP contribution in [0.25, 0.3) is 0 Å². The summed E-state index contributed by atoms with van der Waals surface area (Å²) in [5, 5.41) is 8.37. The summed E-state index contributed by atoms with van der Waals surface area (Å²) in [5.41, 5.74) is 0.897. The van der Waals surface area contributed by atoms with Gasteiger partial charge in [0, 0.05) is 0 Å². The molecule has 0 unspecified atom stereocenters. The van der Waals surface area contributed by atoms with E-state index in [9.17, 15) is 9.59 Å². The molecule has 0 saturated heterocycles. The molecule has 5 nitrogen and oxygen atoms in total. The number of carboxylic acids is 1. The van der Waals surface area contributed by atoms with Gasteiger partial charge < -0.3 is 14.6 Å². The Hall–Kier alpha value is -1.88. The van der Waals surface area contributed by atoms with Crippen LogP contribution in [-0.2, 0) is 20.9 Å². The quantitative estimate of drug-likeness (QED) is 0.724. The molecule has 0 radical (unpaired) electrons. The van der Waals surface area contributed by atoms with E-state index in [1.54, 1.807) is 19.2 Å². The first-order chi connectivity index (χ1) is 8.11. The molecule has 92 valence electrons. The smallest absolute Gasteiger partial charge is 0.310 e. The van der Waals surface area contributed by atoms with Crippen molar-refractivity contribution in [2.45, 2.75) is 13.0 Å². The highest BCUT2D eigenvalue weighted by Gasteiger charge is 2.07. The highest BCUT2D eigenvalue weighted by molar-refractivity contribution is 5.95. The number of Topliss-reactive ketones (excluding diaryl/α,β-unsaturated/α-hetero) is 1. The van der Waals surface area contributed by atoms with E-state index in [1.807, 2.05) is 12.1 Å². The topological polar surface area (TPSA) is 72.8 Å². The van der Waals surface area contributed by atoms with E-state index in [4.69, 9.17) is 14.6 Å². The molecule has 1 aromatic rings. The van der Waals surface area contributed by atoms with Crippen LogP contribution in [0.15, 0.2) is 24.3 Å². The van der Waals surface area contributed by atoms with E-state index in [-0.39, 0.29) is 13.2 Å². The van der Waals surface area contributed by atoms with Crippen LogP contribution in [0.2, 0.25) is 0 Å². The second-order valence-electron chi connectivity index (χ2n) is 3.45. The normalized spacial score (nSPS) is 9.94. The summed E-state index contributed by atoms with van der Waals surface area (Å²) in [6.07, 6.45) is -0.497.